The molecule has 1 fully saturated rings. The molecular formula is C17H23N5O2. The van der Waals surface area contributed by atoms with Crippen molar-refractivity contribution in [2.75, 3.05) is 44.6 Å². The highest BCUT2D eigenvalue weighted by atomic mass is 16.5. The van der Waals surface area contributed by atoms with Crippen molar-refractivity contribution >= 4 is 11.7 Å². The average molecular weight is 329 g/mol. The van der Waals surface area contributed by atoms with Crippen LogP contribution in [0.1, 0.15) is 11.5 Å². The van der Waals surface area contributed by atoms with Gasteiger partial charge in [-0.1, -0.05) is 11.2 Å². The fraction of sp³-hybridized carbons (Fsp3) is 0.471. The van der Waals surface area contributed by atoms with Crippen molar-refractivity contribution in [1.29, 1.82) is 0 Å². The Morgan fingerprint density at radius 2 is 2.04 bits per heavy atom. The second kappa shape index (κ2) is 8.03. The van der Waals surface area contributed by atoms with Gasteiger partial charge in [0.25, 0.3) is 0 Å². The van der Waals surface area contributed by atoms with E-state index in [9.17, 15) is 4.79 Å². The number of anilines is 1. The lowest BCUT2D eigenvalue weighted by Gasteiger charge is -2.34. The van der Waals surface area contributed by atoms with Crippen molar-refractivity contribution in [3.05, 3.63) is 41.9 Å². The molecule has 128 valence electrons. The minimum atomic E-state index is -0.0507. The van der Waals surface area contributed by atoms with Gasteiger partial charge >= 0.3 is 0 Å². The Labute approximate surface area is 141 Å². The van der Waals surface area contributed by atoms with Crippen LogP contribution in [0, 0.1) is 6.92 Å². The molecule has 0 unspecified atom stereocenters. The summed E-state index contributed by atoms with van der Waals surface area (Å²) in [5.41, 5.74) is 1.13. The molecule has 1 N–H and O–H groups in total. The zero-order chi connectivity index (χ0) is 16.8. The van der Waals surface area contributed by atoms with Gasteiger partial charge in [0.2, 0.25) is 5.91 Å². The Bertz CT molecular complexity index is 650. The molecule has 0 saturated carbocycles. The number of hydrogen-bond donors (Lipinski definition) is 1. The van der Waals surface area contributed by atoms with Gasteiger partial charge in [0.1, 0.15) is 5.76 Å². The second-order valence-electron chi connectivity index (χ2n) is 6.06. The van der Waals surface area contributed by atoms with Crippen molar-refractivity contribution < 1.29 is 9.32 Å². The van der Waals surface area contributed by atoms with Crippen LogP contribution in [0.3, 0.4) is 0 Å². The van der Waals surface area contributed by atoms with Gasteiger partial charge in [-0.05, 0) is 19.1 Å². The number of carbonyl (C=O) groups excluding carboxylic acids is 1. The van der Waals surface area contributed by atoms with E-state index in [1.54, 1.807) is 13.0 Å². The fourth-order valence-electron chi connectivity index (χ4n) is 2.80. The quantitative estimate of drug-likeness (QED) is 0.858. The first-order chi connectivity index (χ1) is 11.7. The molecule has 1 aliphatic heterocycles. The summed E-state index contributed by atoms with van der Waals surface area (Å²) in [6.07, 6.45) is 2.80. The molecule has 1 saturated heterocycles. The number of aryl methyl sites for hydroxylation is 1. The van der Waals surface area contributed by atoms with Gasteiger partial charge in [0.05, 0.1) is 6.54 Å². The molecule has 0 bridgehead atoms. The van der Waals surface area contributed by atoms with Crippen LogP contribution < -0.4 is 5.32 Å². The Morgan fingerprint density at radius 3 is 2.71 bits per heavy atom. The highest BCUT2D eigenvalue weighted by Gasteiger charge is 2.19. The number of rotatable bonds is 6. The monoisotopic (exact) mass is 329 g/mol. The predicted molar refractivity (Wildman–Crippen MR) is 90.7 cm³/mol. The van der Waals surface area contributed by atoms with Crippen LogP contribution in [0.15, 0.2) is 35.0 Å². The first kappa shape index (κ1) is 16.6. The minimum absolute atomic E-state index is 0.0507. The summed E-state index contributed by atoms with van der Waals surface area (Å²) in [6.45, 7) is 6.94. The average Bonchev–Trinajstić information content (AvgIpc) is 3.00. The first-order valence-corrected chi connectivity index (χ1v) is 8.27. The highest BCUT2D eigenvalue weighted by Crippen LogP contribution is 2.08. The number of amides is 1. The maximum Gasteiger partial charge on any atom is 0.239 e. The van der Waals surface area contributed by atoms with Gasteiger partial charge in [0, 0.05) is 57.1 Å². The summed E-state index contributed by atoms with van der Waals surface area (Å²) in [7, 11) is 0. The van der Waals surface area contributed by atoms with E-state index in [1.165, 1.54) is 0 Å². The third kappa shape index (κ3) is 4.87. The fourth-order valence-corrected chi connectivity index (χ4v) is 2.80. The number of piperazine rings is 1. The van der Waals surface area contributed by atoms with Crippen LogP contribution in [0.4, 0.5) is 5.82 Å². The van der Waals surface area contributed by atoms with Gasteiger partial charge in [-0.3, -0.25) is 14.7 Å². The molecule has 0 atom stereocenters. The van der Waals surface area contributed by atoms with Crippen LogP contribution in [0.5, 0.6) is 0 Å². The summed E-state index contributed by atoms with van der Waals surface area (Å²) in [4.78, 5) is 21.0. The van der Waals surface area contributed by atoms with Crippen molar-refractivity contribution in [1.82, 2.24) is 19.9 Å². The Kier molecular flexibility index (Phi) is 5.55. The van der Waals surface area contributed by atoms with E-state index in [1.807, 2.05) is 18.3 Å². The molecule has 0 aliphatic carbocycles. The molecule has 24 heavy (non-hydrogen) atoms. The molecule has 2 aromatic heterocycles. The maximum atomic E-state index is 12.0. The number of nitrogens with zero attached hydrogens (tertiary/aromatic N) is 4. The number of aromatic nitrogens is 2. The molecule has 0 spiro atoms. The molecule has 0 aromatic carbocycles. The Hall–Kier alpha value is -2.25. The lowest BCUT2D eigenvalue weighted by Crippen LogP contribution is -2.49. The van der Waals surface area contributed by atoms with E-state index in [0.29, 0.717) is 18.1 Å². The number of pyridine rings is 1. The van der Waals surface area contributed by atoms with E-state index in [0.717, 1.165) is 44.8 Å². The van der Waals surface area contributed by atoms with Crippen molar-refractivity contribution in [3.8, 4) is 0 Å². The van der Waals surface area contributed by atoms with Crippen molar-refractivity contribution in [3.63, 3.8) is 0 Å². The summed E-state index contributed by atoms with van der Waals surface area (Å²) >= 11 is 0. The van der Waals surface area contributed by atoms with Crippen LogP contribution in [-0.4, -0.2) is 65.1 Å². The second-order valence-corrected chi connectivity index (χ2v) is 6.06. The Balaban J connectivity index is 1.36. The number of nitrogens with one attached hydrogen (secondary N) is 1. The summed E-state index contributed by atoms with van der Waals surface area (Å²) < 4.78 is 4.94. The molecule has 3 rings (SSSR count). The SMILES string of the molecule is Cc1cc(NC(=O)CN2CCN(CCc3ccccn3)CC2)no1. The van der Waals surface area contributed by atoms with E-state index < -0.39 is 0 Å². The van der Waals surface area contributed by atoms with Gasteiger partial charge in [-0.2, -0.15) is 0 Å². The lowest BCUT2D eigenvalue weighted by molar-refractivity contribution is -0.117. The van der Waals surface area contributed by atoms with Crippen molar-refractivity contribution in [2.45, 2.75) is 13.3 Å². The molecular weight excluding hydrogens is 306 g/mol. The van der Waals surface area contributed by atoms with Crippen LogP contribution >= 0.6 is 0 Å². The van der Waals surface area contributed by atoms with Crippen molar-refractivity contribution in [2.24, 2.45) is 0 Å². The summed E-state index contributed by atoms with van der Waals surface area (Å²) in [5, 5.41) is 6.54. The van der Waals surface area contributed by atoms with E-state index in [4.69, 9.17) is 4.52 Å². The zero-order valence-electron chi connectivity index (χ0n) is 13.9. The third-order valence-electron chi connectivity index (χ3n) is 4.14. The van der Waals surface area contributed by atoms with E-state index in [-0.39, 0.29) is 5.91 Å². The summed E-state index contributed by atoms with van der Waals surface area (Å²) in [5.74, 6) is 1.11. The van der Waals surface area contributed by atoms with E-state index in [2.05, 4.69) is 31.3 Å². The highest BCUT2D eigenvalue weighted by molar-refractivity contribution is 5.91. The molecule has 1 amide bonds. The topological polar surface area (TPSA) is 74.5 Å². The molecule has 7 heteroatoms. The normalized spacial score (nSPS) is 16.2. The molecule has 3 heterocycles. The number of hydrogen-bond acceptors (Lipinski definition) is 6. The Morgan fingerprint density at radius 1 is 1.25 bits per heavy atom. The van der Waals surface area contributed by atoms with Crippen LogP contribution in [-0.2, 0) is 11.2 Å². The molecule has 1 aliphatic rings. The zero-order valence-corrected chi connectivity index (χ0v) is 13.9. The largest absolute Gasteiger partial charge is 0.360 e. The molecule has 0 radical (unpaired) electrons. The minimum Gasteiger partial charge on any atom is -0.360 e. The van der Waals surface area contributed by atoms with E-state index >= 15 is 0 Å². The predicted octanol–water partition coefficient (Wildman–Crippen LogP) is 1.18. The number of carbonyl (C=O) groups is 1. The van der Waals surface area contributed by atoms with Gasteiger partial charge < -0.3 is 14.7 Å². The molecule has 2 aromatic rings. The standard InChI is InChI=1S/C17H23N5O2/c1-14-12-16(20-24-14)19-17(23)13-22-10-8-21(9-11-22)7-5-15-4-2-3-6-18-15/h2-4,6,12H,5,7-11,13H2,1H3,(H,19,20,23). The van der Waals surface area contributed by atoms with Gasteiger partial charge in [-0.15, -0.1) is 0 Å². The smallest absolute Gasteiger partial charge is 0.239 e. The lowest BCUT2D eigenvalue weighted by atomic mass is 10.2. The molecule has 7 nitrogen and oxygen atoms in total. The maximum absolute atomic E-state index is 12.0. The van der Waals surface area contributed by atoms with Gasteiger partial charge in [-0.25, -0.2) is 0 Å². The van der Waals surface area contributed by atoms with Crippen LogP contribution in [0.2, 0.25) is 0 Å². The van der Waals surface area contributed by atoms with Crippen LogP contribution in [0.25, 0.3) is 0 Å². The van der Waals surface area contributed by atoms with Gasteiger partial charge in [0.15, 0.2) is 5.82 Å². The first-order valence-electron chi connectivity index (χ1n) is 8.27. The summed E-state index contributed by atoms with van der Waals surface area (Å²) in [6, 6.07) is 7.74. The third-order valence-corrected chi connectivity index (χ3v) is 4.14.